The molecule has 0 spiro atoms. The number of anilines is 1. The molecule has 0 saturated carbocycles. The number of nitrogens with one attached hydrogen (secondary N) is 1. The van der Waals surface area contributed by atoms with Gasteiger partial charge in [-0.1, -0.05) is 36.4 Å². The van der Waals surface area contributed by atoms with Crippen molar-refractivity contribution in [1.82, 2.24) is 9.55 Å². The molecule has 2 heterocycles. The number of ether oxygens (including phenoxy) is 1. The molecule has 0 atom stereocenters. The zero-order chi connectivity index (χ0) is 20.2. The van der Waals surface area contributed by atoms with Gasteiger partial charge in [0.2, 0.25) is 5.95 Å². The van der Waals surface area contributed by atoms with Gasteiger partial charge in [0.15, 0.2) is 5.76 Å². The normalized spacial score (nSPS) is 10.8. The second-order valence-corrected chi connectivity index (χ2v) is 6.59. The summed E-state index contributed by atoms with van der Waals surface area (Å²) in [6.07, 6.45) is 2.55. The Morgan fingerprint density at radius 2 is 1.97 bits per heavy atom. The lowest BCUT2D eigenvalue weighted by Crippen LogP contribution is -2.14. The molecular formula is C23H21N3O3. The quantitative estimate of drug-likeness (QED) is 0.466. The van der Waals surface area contributed by atoms with Crippen molar-refractivity contribution in [2.45, 2.75) is 13.0 Å². The summed E-state index contributed by atoms with van der Waals surface area (Å²) < 4.78 is 13.3. The van der Waals surface area contributed by atoms with Crippen LogP contribution >= 0.6 is 0 Å². The van der Waals surface area contributed by atoms with Gasteiger partial charge in [-0.25, -0.2) is 4.98 Å². The summed E-state index contributed by atoms with van der Waals surface area (Å²) in [5, 5.41) is 2.80. The van der Waals surface area contributed by atoms with E-state index in [0.717, 1.165) is 28.8 Å². The van der Waals surface area contributed by atoms with E-state index in [2.05, 4.69) is 16.9 Å². The predicted molar refractivity (Wildman–Crippen MR) is 112 cm³/mol. The molecule has 6 heteroatoms. The first-order valence-electron chi connectivity index (χ1n) is 9.29. The van der Waals surface area contributed by atoms with Crippen LogP contribution in [0.2, 0.25) is 0 Å². The largest absolute Gasteiger partial charge is 0.485 e. The summed E-state index contributed by atoms with van der Waals surface area (Å²) in [6.45, 7) is 4.00. The van der Waals surface area contributed by atoms with Gasteiger partial charge in [0, 0.05) is 7.05 Å². The van der Waals surface area contributed by atoms with Crippen LogP contribution in [0.25, 0.3) is 11.0 Å². The number of allylic oxidation sites excluding steroid dienone is 1. The van der Waals surface area contributed by atoms with Crippen molar-refractivity contribution in [3.63, 3.8) is 0 Å². The number of imidazole rings is 1. The van der Waals surface area contributed by atoms with E-state index >= 15 is 0 Å². The second kappa shape index (κ2) is 8.06. The third-order valence-electron chi connectivity index (χ3n) is 4.60. The van der Waals surface area contributed by atoms with Crippen molar-refractivity contribution in [3.8, 4) is 5.75 Å². The molecule has 6 nitrogen and oxygen atoms in total. The highest BCUT2D eigenvalue weighted by atomic mass is 16.5. The Labute approximate surface area is 168 Å². The van der Waals surface area contributed by atoms with Crippen LogP contribution in [0.4, 0.5) is 5.95 Å². The third kappa shape index (κ3) is 3.91. The first-order chi connectivity index (χ1) is 14.2. The molecule has 0 aliphatic carbocycles. The number of fused-ring (bicyclic) bond motifs is 1. The molecule has 0 fully saturated rings. The number of amides is 1. The minimum atomic E-state index is -0.360. The highest BCUT2D eigenvalue weighted by Crippen LogP contribution is 2.22. The number of rotatable bonds is 7. The Bertz CT molecular complexity index is 1170. The van der Waals surface area contributed by atoms with Crippen molar-refractivity contribution in [2.24, 2.45) is 7.05 Å². The highest BCUT2D eigenvalue weighted by molar-refractivity contribution is 6.02. The molecule has 1 amide bonds. The van der Waals surface area contributed by atoms with E-state index < -0.39 is 0 Å². The first kappa shape index (κ1) is 18.6. The Balaban J connectivity index is 1.44. The zero-order valence-electron chi connectivity index (χ0n) is 16.1. The maximum atomic E-state index is 12.6. The van der Waals surface area contributed by atoms with Gasteiger partial charge < -0.3 is 13.7 Å². The molecule has 0 aliphatic heterocycles. The average Bonchev–Trinajstić information content (AvgIpc) is 3.33. The lowest BCUT2D eigenvalue weighted by Gasteiger charge is -2.09. The van der Waals surface area contributed by atoms with Crippen molar-refractivity contribution < 1.29 is 13.9 Å². The maximum Gasteiger partial charge on any atom is 0.293 e. The fraction of sp³-hybridized carbons (Fsp3) is 0.130. The smallest absolute Gasteiger partial charge is 0.293 e. The van der Waals surface area contributed by atoms with Crippen LogP contribution in [0.1, 0.15) is 21.9 Å². The number of hydrogen-bond donors (Lipinski definition) is 1. The SMILES string of the molecule is C=CCc1ccccc1OCc1ccc(C(=O)Nc2nc3ccccc3n2C)o1. The van der Waals surface area contributed by atoms with Crippen LogP contribution in [0, 0.1) is 0 Å². The Hall–Kier alpha value is -3.80. The number of carbonyl (C=O) groups excluding carboxylic acids is 1. The number of nitrogens with zero attached hydrogens (tertiary/aromatic N) is 2. The van der Waals surface area contributed by atoms with Gasteiger partial charge in [-0.3, -0.25) is 10.1 Å². The molecule has 4 rings (SSSR count). The van der Waals surface area contributed by atoms with E-state index in [1.165, 1.54) is 0 Å². The third-order valence-corrected chi connectivity index (χ3v) is 4.60. The number of furan rings is 1. The molecule has 2 aromatic heterocycles. The van der Waals surface area contributed by atoms with Crippen LogP contribution in [0.15, 0.2) is 77.7 Å². The molecule has 146 valence electrons. The van der Waals surface area contributed by atoms with Crippen LogP contribution in [0.3, 0.4) is 0 Å². The Morgan fingerprint density at radius 1 is 1.17 bits per heavy atom. The fourth-order valence-electron chi connectivity index (χ4n) is 3.12. The number of hydrogen-bond acceptors (Lipinski definition) is 4. The van der Waals surface area contributed by atoms with E-state index in [-0.39, 0.29) is 18.3 Å². The molecule has 0 saturated heterocycles. The molecule has 4 aromatic rings. The zero-order valence-corrected chi connectivity index (χ0v) is 16.1. The monoisotopic (exact) mass is 387 g/mol. The highest BCUT2D eigenvalue weighted by Gasteiger charge is 2.16. The summed E-state index contributed by atoms with van der Waals surface area (Å²) in [4.78, 5) is 17.0. The van der Waals surface area contributed by atoms with Gasteiger partial charge >= 0.3 is 0 Å². The van der Waals surface area contributed by atoms with Crippen LogP contribution in [-0.2, 0) is 20.1 Å². The molecule has 0 radical (unpaired) electrons. The predicted octanol–water partition coefficient (Wildman–Crippen LogP) is 4.73. The maximum absolute atomic E-state index is 12.6. The van der Waals surface area contributed by atoms with Crippen molar-refractivity contribution in [2.75, 3.05) is 5.32 Å². The Morgan fingerprint density at radius 3 is 2.79 bits per heavy atom. The average molecular weight is 387 g/mol. The van der Waals surface area contributed by atoms with Crippen molar-refractivity contribution >= 4 is 22.9 Å². The lowest BCUT2D eigenvalue weighted by molar-refractivity contribution is 0.0991. The van der Waals surface area contributed by atoms with Crippen molar-refractivity contribution in [3.05, 3.63) is 90.4 Å². The van der Waals surface area contributed by atoms with Gasteiger partial charge in [-0.15, -0.1) is 6.58 Å². The summed E-state index contributed by atoms with van der Waals surface area (Å²) in [6, 6.07) is 18.8. The summed E-state index contributed by atoms with van der Waals surface area (Å²) >= 11 is 0. The molecule has 2 aromatic carbocycles. The topological polar surface area (TPSA) is 69.3 Å². The van der Waals surface area contributed by atoms with Gasteiger partial charge in [0.25, 0.3) is 5.91 Å². The summed E-state index contributed by atoms with van der Waals surface area (Å²) in [7, 11) is 1.85. The lowest BCUT2D eigenvalue weighted by atomic mass is 10.1. The summed E-state index contributed by atoms with van der Waals surface area (Å²) in [5.74, 6) is 1.64. The van der Waals surface area contributed by atoms with E-state index in [1.807, 2.05) is 66.2 Å². The number of para-hydroxylation sites is 3. The number of carbonyl (C=O) groups is 1. The number of aromatic nitrogens is 2. The van der Waals surface area contributed by atoms with E-state index in [4.69, 9.17) is 9.15 Å². The molecular weight excluding hydrogens is 366 g/mol. The fourth-order valence-corrected chi connectivity index (χ4v) is 3.12. The standard InChI is InChI=1S/C23H21N3O3/c1-3-8-16-9-4-7-12-20(16)28-15-17-13-14-21(29-17)22(27)25-23-24-18-10-5-6-11-19(18)26(23)2/h3-7,9-14H,1,8,15H2,2H3,(H,24,25,27). The van der Waals surface area contributed by atoms with Crippen LogP contribution in [0.5, 0.6) is 5.75 Å². The minimum absolute atomic E-state index is 0.204. The Kier molecular flexibility index (Phi) is 5.16. The van der Waals surface area contributed by atoms with E-state index in [0.29, 0.717) is 11.7 Å². The van der Waals surface area contributed by atoms with E-state index in [9.17, 15) is 4.79 Å². The van der Waals surface area contributed by atoms with Crippen molar-refractivity contribution in [1.29, 1.82) is 0 Å². The van der Waals surface area contributed by atoms with Crippen LogP contribution < -0.4 is 10.1 Å². The molecule has 29 heavy (non-hydrogen) atoms. The molecule has 0 bridgehead atoms. The van der Waals surface area contributed by atoms with Gasteiger partial charge in [0.1, 0.15) is 18.1 Å². The number of aryl methyl sites for hydroxylation is 1. The van der Waals surface area contributed by atoms with Crippen LogP contribution in [-0.4, -0.2) is 15.5 Å². The molecule has 0 aliphatic rings. The van der Waals surface area contributed by atoms with Gasteiger partial charge in [-0.2, -0.15) is 0 Å². The minimum Gasteiger partial charge on any atom is -0.485 e. The van der Waals surface area contributed by atoms with Gasteiger partial charge in [-0.05, 0) is 42.3 Å². The molecule has 0 unspecified atom stereocenters. The van der Waals surface area contributed by atoms with Gasteiger partial charge in [0.05, 0.1) is 11.0 Å². The number of benzene rings is 2. The van der Waals surface area contributed by atoms with E-state index in [1.54, 1.807) is 12.1 Å². The first-order valence-corrected chi connectivity index (χ1v) is 9.29. The summed E-state index contributed by atoms with van der Waals surface area (Å²) in [5.41, 5.74) is 2.81. The molecule has 1 N–H and O–H groups in total. The second-order valence-electron chi connectivity index (χ2n) is 6.59.